The van der Waals surface area contributed by atoms with Crippen LogP contribution in [0.1, 0.15) is 29.8 Å². The molecule has 0 aliphatic carbocycles. The zero-order valence-electron chi connectivity index (χ0n) is 13.7. The van der Waals surface area contributed by atoms with Gasteiger partial charge in [0.15, 0.2) is 0 Å². The van der Waals surface area contributed by atoms with Gasteiger partial charge in [0.25, 0.3) is 5.88 Å². The van der Waals surface area contributed by atoms with Gasteiger partial charge in [-0.2, -0.15) is 4.98 Å². The lowest BCUT2D eigenvalue weighted by Gasteiger charge is -2.18. The van der Waals surface area contributed by atoms with E-state index in [2.05, 4.69) is 20.9 Å². The summed E-state index contributed by atoms with van der Waals surface area (Å²) in [5.74, 6) is -0.842. The summed E-state index contributed by atoms with van der Waals surface area (Å²) in [6.45, 7) is 4.13. The highest BCUT2D eigenvalue weighted by Gasteiger charge is 2.21. The summed E-state index contributed by atoms with van der Waals surface area (Å²) in [6, 6.07) is 6.12. The molecule has 1 saturated heterocycles. The van der Waals surface area contributed by atoms with Crippen LogP contribution in [0.5, 0.6) is 5.88 Å². The molecule has 130 valence electrons. The maximum atomic E-state index is 11.6. The second kappa shape index (κ2) is 6.76. The first-order chi connectivity index (χ1) is 12.0. The minimum Gasteiger partial charge on any atom is -0.488 e. The van der Waals surface area contributed by atoms with Gasteiger partial charge in [-0.05, 0) is 49.1 Å². The molecule has 1 aliphatic rings. The van der Waals surface area contributed by atoms with Gasteiger partial charge in [0, 0.05) is 18.8 Å². The Balaban J connectivity index is 1.84. The third-order valence-corrected chi connectivity index (χ3v) is 4.22. The van der Waals surface area contributed by atoms with Crippen molar-refractivity contribution >= 4 is 23.5 Å². The summed E-state index contributed by atoms with van der Waals surface area (Å²) in [4.78, 5) is 29.6. The summed E-state index contributed by atoms with van der Waals surface area (Å²) < 4.78 is 0. The van der Waals surface area contributed by atoms with Crippen molar-refractivity contribution in [2.24, 2.45) is 0 Å². The summed E-state index contributed by atoms with van der Waals surface area (Å²) >= 11 is 0. The Kier molecular flexibility index (Phi) is 4.51. The van der Waals surface area contributed by atoms with E-state index < -0.39 is 22.0 Å². The molecule has 1 aromatic heterocycles. The number of hydrogen-bond donors (Lipinski definition) is 2. The average molecular weight is 342 g/mol. The monoisotopic (exact) mass is 342 g/mol. The molecule has 0 saturated carbocycles. The van der Waals surface area contributed by atoms with E-state index in [1.165, 1.54) is 24.6 Å². The van der Waals surface area contributed by atoms with Crippen molar-refractivity contribution in [1.82, 2.24) is 9.97 Å². The van der Waals surface area contributed by atoms with Crippen molar-refractivity contribution in [3.8, 4) is 5.88 Å². The van der Waals surface area contributed by atoms with Gasteiger partial charge in [0.1, 0.15) is 5.82 Å². The number of aromatic amines is 1. The first kappa shape index (κ1) is 16.7. The zero-order chi connectivity index (χ0) is 18.0. The molecule has 1 aromatic carbocycles. The molecule has 2 N–H and O–H groups in total. The fourth-order valence-corrected chi connectivity index (χ4v) is 2.90. The topological polar surface area (TPSA) is 112 Å². The lowest BCUT2D eigenvalue weighted by atomic mass is 10.1. The molecule has 3 rings (SSSR count). The molecule has 0 spiro atoms. The number of anilines is 1. The van der Waals surface area contributed by atoms with Crippen LogP contribution in [-0.4, -0.2) is 33.1 Å². The number of rotatable bonds is 4. The number of aromatic hydroxyl groups is 1. The van der Waals surface area contributed by atoms with Crippen LogP contribution in [0.4, 0.5) is 11.4 Å². The van der Waals surface area contributed by atoms with Crippen LogP contribution >= 0.6 is 0 Å². The fourth-order valence-electron chi connectivity index (χ4n) is 2.90. The van der Waals surface area contributed by atoms with Gasteiger partial charge < -0.3 is 15.0 Å². The van der Waals surface area contributed by atoms with Crippen LogP contribution in [0.2, 0.25) is 0 Å². The highest BCUT2D eigenvalue weighted by Crippen LogP contribution is 2.24. The number of H-pyrrole nitrogens is 1. The normalized spacial score (nSPS) is 14.4. The second-order valence-corrected chi connectivity index (χ2v) is 5.95. The van der Waals surface area contributed by atoms with Crippen molar-refractivity contribution in [1.29, 1.82) is 0 Å². The Morgan fingerprint density at radius 3 is 2.64 bits per heavy atom. The molecule has 0 radical (unpaired) electrons. The van der Waals surface area contributed by atoms with Gasteiger partial charge in [-0.3, -0.25) is 14.9 Å². The SMILES string of the molecule is Cc1cc(N2CCCC2)ccc1C=Cc1nc(O)c([N+](=O)[O-])c(=O)[nH]1. The maximum Gasteiger partial charge on any atom is 0.395 e. The Labute approximate surface area is 143 Å². The van der Waals surface area contributed by atoms with E-state index in [1.807, 2.05) is 19.1 Å². The van der Waals surface area contributed by atoms with Gasteiger partial charge in [0.05, 0.1) is 4.92 Å². The number of aryl methyl sites for hydroxylation is 1. The Morgan fingerprint density at radius 1 is 1.32 bits per heavy atom. The summed E-state index contributed by atoms with van der Waals surface area (Å²) in [5, 5.41) is 20.2. The van der Waals surface area contributed by atoms with Crippen molar-refractivity contribution in [3.63, 3.8) is 0 Å². The molecule has 0 atom stereocenters. The first-order valence-electron chi connectivity index (χ1n) is 7.97. The quantitative estimate of drug-likeness (QED) is 0.652. The minimum atomic E-state index is -0.988. The van der Waals surface area contributed by atoms with E-state index in [0.29, 0.717) is 0 Å². The van der Waals surface area contributed by atoms with Crippen molar-refractivity contribution in [3.05, 3.63) is 55.6 Å². The lowest BCUT2D eigenvalue weighted by molar-refractivity contribution is -0.387. The lowest BCUT2D eigenvalue weighted by Crippen LogP contribution is -2.17. The molecule has 1 aliphatic heterocycles. The smallest absolute Gasteiger partial charge is 0.395 e. The first-order valence-corrected chi connectivity index (χ1v) is 7.97. The molecule has 8 heteroatoms. The van der Waals surface area contributed by atoms with Gasteiger partial charge in [-0.15, -0.1) is 0 Å². The van der Waals surface area contributed by atoms with E-state index in [4.69, 9.17) is 0 Å². The molecule has 2 aromatic rings. The van der Waals surface area contributed by atoms with Crippen LogP contribution in [-0.2, 0) is 0 Å². The van der Waals surface area contributed by atoms with Crippen LogP contribution in [0.3, 0.4) is 0 Å². The van der Waals surface area contributed by atoms with Crippen molar-refractivity contribution in [2.75, 3.05) is 18.0 Å². The number of nitro groups is 1. The second-order valence-electron chi connectivity index (χ2n) is 5.95. The number of nitrogens with one attached hydrogen (secondary N) is 1. The Morgan fingerprint density at radius 2 is 2.04 bits per heavy atom. The van der Waals surface area contributed by atoms with Gasteiger partial charge in [0.2, 0.25) is 0 Å². The third kappa shape index (κ3) is 3.52. The largest absolute Gasteiger partial charge is 0.488 e. The van der Waals surface area contributed by atoms with Gasteiger partial charge in [-0.25, -0.2) is 0 Å². The third-order valence-electron chi connectivity index (χ3n) is 4.22. The number of nitrogens with zero attached hydrogens (tertiary/aromatic N) is 3. The molecule has 8 nitrogen and oxygen atoms in total. The van der Waals surface area contributed by atoms with Gasteiger partial charge >= 0.3 is 11.2 Å². The van der Waals surface area contributed by atoms with Crippen LogP contribution < -0.4 is 10.5 Å². The highest BCUT2D eigenvalue weighted by atomic mass is 16.6. The molecular weight excluding hydrogens is 324 g/mol. The number of benzene rings is 1. The fraction of sp³-hybridized carbons (Fsp3) is 0.294. The molecule has 1 fully saturated rings. The van der Waals surface area contributed by atoms with Crippen molar-refractivity contribution in [2.45, 2.75) is 19.8 Å². The molecule has 0 unspecified atom stereocenters. The molecule has 25 heavy (non-hydrogen) atoms. The molecular formula is C17H18N4O4. The highest BCUT2D eigenvalue weighted by molar-refractivity contribution is 5.70. The van der Waals surface area contributed by atoms with E-state index >= 15 is 0 Å². The van der Waals surface area contributed by atoms with E-state index in [-0.39, 0.29) is 5.82 Å². The summed E-state index contributed by atoms with van der Waals surface area (Å²) in [7, 11) is 0. The number of aromatic nitrogens is 2. The van der Waals surface area contributed by atoms with Crippen LogP contribution in [0, 0.1) is 17.0 Å². The van der Waals surface area contributed by atoms with Gasteiger partial charge in [-0.1, -0.05) is 12.1 Å². The van der Waals surface area contributed by atoms with Crippen LogP contribution in [0.25, 0.3) is 12.2 Å². The Hall–Kier alpha value is -3.16. The number of hydrogen-bond acceptors (Lipinski definition) is 6. The average Bonchev–Trinajstić information content (AvgIpc) is 3.07. The molecule has 2 heterocycles. The van der Waals surface area contributed by atoms with E-state index in [9.17, 15) is 20.0 Å². The Bertz CT molecular complexity index is 898. The maximum absolute atomic E-state index is 11.6. The van der Waals surface area contributed by atoms with Crippen LogP contribution in [0.15, 0.2) is 23.0 Å². The predicted molar refractivity (Wildman–Crippen MR) is 94.7 cm³/mol. The molecule has 0 amide bonds. The minimum absolute atomic E-state index is 0.0520. The summed E-state index contributed by atoms with van der Waals surface area (Å²) in [5.41, 5.74) is 1.24. The van der Waals surface area contributed by atoms with E-state index in [1.54, 1.807) is 6.08 Å². The van der Waals surface area contributed by atoms with E-state index in [0.717, 1.165) is 24.2 Å². The molecule has 0 bridgehead atoms. The summed E-state index contributed by atoms with van der Waals surface area (Å²) in [6.07, 6.45) is 5.67. The van der Waals surface area contributed by atoms with Crippen molar-refractivity contribution < 1.29 is 10.0 Å². The predicted octanol–water partition coefficient (Wildman–Crippen LogP) is 2.46. The standard InChI is InChI=1S/C17H18N4O4/c1-11-10-13(20-8-2-3-9-20)6-4-12(11)5-7-14-18-16(22)15(21(24)25)17(23)19-14/h4-7,10H,2-3,8-9H2,1H3,(H2,18,19,22,23). The zero-order valence-corrected chi connectivity index (χ0v) is 13.7.